The third-order valence-corrected chi connectivity index (χ3v) is 3.85. The molecule has 0 saturated carbocycles. The van der Waals surface area contributed by atoms with E-state index in [1.807, 2.05) is 13.8 Å². The van der Waals surface area contributed by atoms with Crippen LogP contribution < -0.4 is 5.32 Å². The SMILES string of the molecule is CCCc1nc(-c2cc(C)nc(C)c2)nc2c1CNCC2. The van der Waals surface area contributed by atoms with Crippen LogP contribution in [0, 0.1) is 13.8 Å². The average Bonchev–Trinajstić information content (AvgIpc) is 2.46. The number of hydrogen-bond donors (Lipinski definition) is 1. The molecule has 0 unspecified atom stereocenters. The smallest absolute Gasteiger partial charge is 0.159 e. The molecule has 0 aliphatic carbocycles. The van der Waals surface area contributed by atoms with E-state index in [0.717, 1.165) is 55.1 Å². The lowest BCUT2D eigenvalue weighted by Gasteiger charge is -2.20. The largest absolute Gasteiger partial charge is 0.312 e. The first-order valence-electron chi connectivity index (χ1n) is 7.72. The normalized spacial score (nSPS) is 14.0. The number of rotatable bonds is 3. The molecule has 0 bridgehead atoms. The van der Waals surface area contributed by atoms with E-state index < -0.39 is 0 Å². The number of hydrogen-bond acceptors (Lipinski definition) is 4. The molecule has 0 radical (unpaired) electrons. The van der Waals surface area contributed by atoms with Gasteiger partial charge in [-0.25, -0.2) is 9.97 Å². The van der Waals surface area contributed by atoms with Crippen LogP contribution in [0.3, 0.4) is 0 Å². The fourth-order valence-corrected chi connectivity index (χ4v) is 2.95. The van der Waals surface area contributed by atoms with Crippen LogP contribution in [0.15, 0.2) is 12.1 Å². The summed E-state index contributed by atoms with van der Waals surface area (Å²) in [5, 5.41) is 3.43. The maximum absolute atomic E-state index is 4.85. The van der Waals surface area contributed by atoms with Crippen LogP contribution in [-0.4, -0.2) is 21.5 Å². The molecule has 3 heterocycles. The summed E-state index contributed by atoms with van der Waals surface area (Å²) in [6, 6.07) is 4.15. The molecule has 0 saturated heterocycles. The Labute approximate surface area is 126 Å². The zero-order valence-corrected chi connectivity index (χ0v) is 13.0. The number of fused-ring (bicyclic) bond motifs is 1. The quantitative estimate of drug-likeness (QED) is 0.940. The molecule has 4 nitrogen and oxygen atoms in total. The van der Waals surface area contributed by atoms with Gasteiger partial charge in [0, 0.05) is 47.7 Å². The fraction of sp³-hybridized carbons (Fsp3) is 0.471. The Morgan fingerprint density at radius 3 is 2.57 bits per heavy atom. The summed E-state index contributed by atoms with van der Waals surface area (Å²) in [6.45, 7) is 8.14. The van der Waals surface area contributed by atoms with Crippen molar-refractivity contribution in [2.75, 3.05) is 6.54 Å². The standard InChI is InChI=1S/C17H22N4/c1-4-5-15-14-10-18-7-6-16(14)21-17(20-15)13-8-11(2)19-12(3)9-13/h8-9,18H,4-7,10H2,1-3H3. The lowest BCUT2D eigenvalue weighted by atomic mass is 10.0. The minimum absolute atomic E-state index is 0.854. The zero-order chi connectivity index (χ0) is 14.8. The van der Waals surface area contributed by atoms with E-state index in [-0.39, 0.29) is 0 Å². The molecule has 3 rings (SSSR count). The van der Waals surface area contributed by atoms with Crippen molar-refractivity contribution in [3.63, 3.8) is 0 Å². The predicted octanol–water partition coefficient (Wildman–Crippen LogP) is 2.75. The second-order valence-electron chi connectivity index (χ2n) is 5.73. The number of nitrogens with zero attached hydrogens (tertiary/aromatic N) is 3. The first kappa shape index (κ1) is 14.1. The van der Waals surface area contributed by atoms with Gasteiger partial charge in [0.05, 0.1) is 5.69 Å². The van der Waals surface area contributed by atoms with E-state index in [9.17, 15) is 0 Å². The van der Waals surface area contributed by atoms with Gasteiger partial charge in [0.1, 0.15) is 0 Å². The number of aryl methyl sites for hydroxylation is 3. The van der Waals surface area contributed by atoms with Crippen molar-refractivity contribution in [3.8, 4) is 11.4 Å². The molecule has 0 spiro atoms. The summed E-state index contributed by atoms with van der Waals surface area (Å²) in [4.78, 5) is 14.1. The molecular formula is C17H22N4. The van der Waals surface area contributed by atoms with Crippen LogP contribution in [0.5, 0.6) is 0 Å². The number of aromatic nitrogens is 3. The summed E-state index contributed by atoms with van der Waals surface area (Å²) < 4.78 is 0. The van der Waals surface area contributed by atoms with Crippen LogP contribution >= 0.6 is 0 Å². The number of nitrogens with one attached hydrogen (secondary N) is 1. The monoisotopic (exact) mass is 282 g/mol. The Hall–Kier alpha value is -1.81. The Morgan fingerprint density at radius 2 is 1.86 bits per heavy atom. The van der Waals surface area contributed by atoms with Crippen molar-refractivity contribution in [3.05, 3.63) is 40.5 Å². The van der Waals surface area contributed by atoms with E-state index in [1.54, 1.807) is 0 Å². The fourth-order valence-electron chi connectivity index (χ4n) is 2.95. The molecule has 0 fully saturated rings. The average molecular weight is 282 g/mol. The Bertz CT molecular complexity index is 644. The van der Waals surface area contributed by atoms with Gasteiger partial charge in [-0.3, -0.25) is 4.98 Å². The molecule has 0 amide bonds. The third-order valence-electron chi connectivity index (χ3n) is 3.85. The second-order valence-corrected chi connectivity index (χ2v) is 5.73. The van der Waals surface area contributed by atoms with Gasteiger partial charge in [0.25, 0.3) is 0 Å². The van der Waals surface area contributed by atoms with Gasteiger partial charge in [-0.15, -0.1) is 0 Å². The molecule has 2 aromatic rings. The Balaban J connectivity index is 2.12. The minimum Gasteiger partial charge on any atom is -0.312 e. The maximum atomic E-state index is 4.85. The van der Waals surface area contributed by atoms with E-state index in [4.69, 9.17) is 9.97 Å². The molecule has 4 heteroatoms. The summed E-state index contributed by atoms with van der Waals surface area (Å²) in [6.07, 6.45) is 3.12. The minimum atomic E-state index is 0.854. The van der Waals surface area contributed by atoms with Crippen LogP contribution in [0.1, 0.15) is 41.7 Å². The molecule has 21 heavy (non-hydrogen) atoms. The summed E-state index contributed by atoms with van der Waals surface area (Å²) in [7, 11) is 0. The zero-order valence-electron chi connectivity index (χ0n) is 13.0. The van der Waals surface area contributed by atoms with E-state index >= 15 is 0 Å². The highest BCUT2D eigenvalue weighted by Crippen LogP contribution is 2.23. The predicted molar refractivity (Wildman–Crippen MR) is 84.1 cm³/mol. The molecule has 1 aliphatic rings. The van der Waals surface area contributed by atoms with E-state index in [1.165, 1.54) is 17.0 Å². The van der Waals surface area contributed by atoms with Crippen molar-refractivity contribution in [1.29, 1.82) is 0 Å². The van der Waals surface area contributed by atoms with E-state index in [2.05, 4.69) is 29.4 Å². The first-order chi connectivity index (χ1) is 10.2. The topological polar surface area (TPSA) is 50.7 Å². The first-order valence-corrected chi connectivity index (χ1v) is 7.72. The molecule has 110 valence electrons. The van der Waals surface area contributed by atoms with Gasteiger partial charge in [-0.2, -0.15) is 0 Å². The molecular weight excluding hydrogens is 260 g/mol. The van der Waals surface area contributed by atoms with Crippen LogP contribution in [0.2, 0.25) is 0 Å². The third kappa shape index (κ3) is 2.95. The van der Waals surface area contributed by atoms with Gasteiger partial charge in [-0.1, -0.05) is 13.3 Å². The Kier molecular flexibility index (Phi) is 3.97. The van der Waals surface area contributed by atoms with Gasteiger partial charge in [0.2, 0.25) is 0 Å². The highest BCUT2D eigenvalue weighted by atomic mass is 15.0. The molecule has 2 aromatic heterocycles. The summed E-state index contributed by atoms with van der Waals surface area (Å²) in [5.74, 6) is 0.854. The van der Waals surface area contributed by atoms with Crippen molar-refractivity contribution >= 4 is 0 Å². The van der Waals surface area contributed by atoms with Crippen molar-refractivity contribution in [1.82, 2.24) is 20.3 Å². The van der Waals surface area contributed by atoms with Crippen LogP contribution in [-0.2, 0) is 19.4 Å². The molecule has 1 aliphatic heterocycles. The van der Waals surface area contributed by atoms with Crippen LogP contribution in [0.25, 0.3) is 11.4 Å². The molecule has 0 aromatic carbocycles. The van der Waals surface area contributed by atoms with Crippen molar-refractivity contribution in [2.24, 2.45) is 0 Å². The lowest BCUT2D eigenvalue weighted by Crippen LogP contribution is -2.26. The highest BCUT2D eigenvalue weighted by molar-refractivity contribution is 5.57. The molecule has 0 atom stereocenters. The van der Waals surface area contributed by atoms with Gasteiger partial charge >= 0.3 is 0 Å². The summed E-state index contributed by atoms with van der Waals surface area (Å²) in [5.41, 5.74) is 6.86. The van der Waals surface area contributed by atoms with Gasteiger partial charge in [-0.05, 0) is 32.4 Å². The summed E-state index contributed by atoms with van der Waals surface area (Å²) >= 11 is 0. The van der Waals surface area contributed by atoms with Crippen molar-refractivity contribution in [2.45, 2.75) is 46.6 Å². The Morgan fingerprint density at radius 1 is 1.10 bits per heavy atom. The number of pyridine rings is 1. The van der Waals surface area contributed by atoms with Crippen molar-refractivity contribution < 1.29 is 0 Å². The van der Waals surface area contributed by atoms with Crippen LogP contribution in [0.4, 0.5) is 0 Å². The van der Waals surface area contributed by atoms with E-state index in [0.29, 0.717) is 0 Å². The van der Waals surface area contributed by atoms with Gasteiger partial charge < -0.3 is 5.32 Å². The lowest BCUT2D eigenvalue weighted by molar-refractivity contribution is 0.615. The molecule has 1 N–H and O–H groups in total. The maximum Gasteiger partial charge on any atom is 0.159 e. The second kappa shape index (κ2) is 5.90. The highest BCUT2D eigenvalue weighted by Gasteiger charge is 2.17. The van der Waals surface area contributed by atoms with Gasteiger partial charge in [0.15, 0.2) is 5.82 Å².